The van der Waals surface area contributed by atoms with Crippen LogP contribution >= 0.6 is 23.2 Å². The summed E-state index contributed by atoms with van der Waals surface area (Å²) in [6.07, 6.45) is 0. The number of anilines is 1. The highest BCUT2D eigenvalue weighted by molar-refractivity contribution is 7.92. The molecule has 0 spiro atoms. The van der Waals surface area contributed by atoms with Crippen LogP contribution in [0.15, 0.2) is 65.6 Å². The van der Waals surface area contributed by atoms with Crippen molar-refractivity contribution >= 4 is 55.6 Å². The van der Waals surface area contributed by atoms with Crippen molar-refractivity contribution in [3.63, 3.8) is 0 Å². The fourth-order valence-electron chi connectivity index (χ4n) is 2.67. The predicted molar refractivity (Wildman–Crippen MR) is 107 cm³/mol. The largest absolute Gasteiger partial charge is 0.293 e. The Morgan fingerprint density at radius 2 is 1.70 bits per heavy atom. The average molecular weight is 424 g/mol. The molecule has 0 atom stereocenters. The number of carbonyl (C=O) groups is 1. The SMILES string of the molecule is NNC(=O)CN(c1cccc2ccccc12)S(=O)(=O)c1ccc(Cl)c(Cl)c1. The molecule has 3 N–H and O–H groups in total. The highest BCUT2D eigenvalue weighted by Gasteiger charge is 2.28. The molecule has 3 aromatic carbocycles. The minimum absolute atomic E-state index is 0.0883. The summed E-state index contributed by atoms with van der Waals surface area (Å²) < 4.78 is 27.6. The molecule has 0 fully saturated rings. The molecule has 0 bridgehead atoms. The standard InChI is InChI=1S/C18H15Cl2N3O3S/c19-15-9-8-13(10-16(15)20)27(25,26)23(11-18(24)22-21)17-7-3-5-12-4-1-2-6-14(12)17/h1-10H,11,21H2,(H,22,24). The van der Waals surface area contributed by atoms with Gasteiger partial charge in [-0.15, -0.1) is 0 Å². The molecule has 27 heavy (non-hydrogen) atoms. The predicted octanol–water partition coefficient (Wildman–Crippen LogP) is 3.33. The first kappa shape index (κ1) is 19.4. The minimum atomic E-state index is -4.12. The number of sulfonamides is 1. The molecule has 0 aliphatic carbocycles. The van der Waals surface area contributed by atoms with Crippen molar-refractivity contribution in [3.05, 3.63) is 70.7 Å². The van der Waals surface area contributed by atoms with E-state index in [-0.39, 0.29) is 14.9 Å². The van der Waals surface area contributed by atoms with Gasteiger partial charge in [0, 0.05) is 5.39 Å². The highest BCUT2D eigenvalue weighted by Crippen LogP contribution is 2.32. The van der Waals surface area contributed by atoms with Crippen LogP contribution in [0.3, 0.4) is 0 Å². The van der Waals surface area contributed by atoms with Crippen molar-refractivity contribution in [3.8, 4) is 0 Å². The number of halogens is 2. The van der Waals surface area contributed by atoms with E-state index in [9.17, 15) is 13.2 Å². The summed E-state index contributed by atoms with van der Waals surface area (Å²) in [7, 11) is -4.12. The van der Waals surface area contributed by atoms with E-state index in [1.165, 1.54) is 18.2 Å². The van der Waals surface area contributed by atoms with Crippen molar-refractivity contribution in [2.45, 2.75) is 4.90 Å². The summed E-state index contributed by atoms with van der Waals surface area (Å²) in [4.78, 5) is 11.9. The van der Waals surface area contributed by atoms with Gasteiger partial charge in [0.25, 0.3) is 15.9 Å². The minimum Gasteiger partial charge on any atom is -0.293 e. The number of rotatable bonds is 5. The van der Waals surface area contributed by atoms with Crippen LogP contribution < -0.4 is 15.6 Å². The van der Waals surface area contributed by atoms with E-state index >= 15 is 0 Å². The first-order valence-corrected chi connectivity index (χ1v) is 9.99. The van der Waals surface area contributed by atoms with E-state index in [4.69, 9.17) is 29.0 Å². The van der Waals surface area contributed by atoms with Gasteiger partial charge in [0.2, 0.25) is 0 Å². The van der Waals surface area contributed by atoms with Crippen LogP contribution in [0.2, 0.25) is 10.0 Å². The van der Waals surface area contributed by atoms with Gasteiger partial charge in [-0.1, -0.05) is 59.6 Å². The Kier molecular flexibility index (Phi) is 5.57. The van der Waals surface area contributed by atoms with Gasteiger partial charge in [0.05, 0.1) is 20.6 Å². The second-order valence-electron chi connectivity index (χ2n) is 5.65. The van der Waals surface area contributed by atoms with E-state index in [2.05, 4.69) is 0 Å². The molecular formula is C18H15Cl2N3O3S. The smallest absolute Gasteiger partial charge is 0.264 e. The monoisotopic (exact) mass is 423 g/mol. The van der Waals surface area contributed by atoms with Crippen LogP contribution in [0.1, 0.15) is 0 Å². The van der Waals surface area contributed by atoms with Gasteiger partial charge in [-0.2, -0.15) is 0 Å². The Bertz CT molecular complexity index is 1110. The fraction of sp³-hybridized carbons (Fsp3) is 0.0556. The number of nitrogens with zero attached hydrogens (tertiary/aromatic N) is 1. The first-order chi connectivity index (χ1) is 12.8. The van der Waals surface area contributed by atoms with Crippen LogP contribution in [0, 0.1) is 0 Å². The maximum Gasteiger partial charge on any atom is 0.264 e. The molecule has 0 saturated carbocycles. The molecule has 0 saturated heterocycles. The number of hydrazine groups is 1. The lowest BCUT2D eigenvalue weighted by Gasteiger charge is -2.25. The lowest BCUT2D eigenvalue weighted by Crippen LogP contribution is -2.43. The lowest BCUT2D eigenvalue weighted by molar-refractivity contribution is -0.119. The number of benzene rings is 3. The maximum atomic E-state index is 13.3. The number of amides is 1. The summed E-state index contributed by atoms with van der Waals surface area (Å²) in [6, 6.07) is 16.4. The quantitative estimate of drug-likeness (QED) is 0.373. The van der Waals surface area contributed by atoms with Gasteiger partial charge in [-0.05, 0) is 29.7 Å². The van der Waals surface area contributed by atoms with Gasteiger partial charge < -0.3 is 0 Å². The van der Waals surface area contributed by atoms with Crippen LogP contribution in [-0.4, -0.2) is 20.9 Å². The molecule has 9 heteroatoms. The van der Waals surface area contributed by atoms with Gasteiger partial charge in [0.15, 0.2) is 0 Å². The fourth-order valence-corrected chi connectivity index (χ4v) is 4.50. The summed E-state index contributed by atoms with van der Waals surface area (Å²) in [5.41, 5.74) is 2.31. The molecule has 6 nitrogen and oxygen atoms in total. The van der Waals surface area contributed by atoms with E-state index in [0.29, 0.717) is 11.1 Å². The lowest BCUT2D eigenvalue weighted by atomic mass is 10.1. The van der Waals surface area contributed by atoms with Crippen molar-refractivity contribution in [2.24, 2.45) is 5.84 Å². The Balaban J connectivity index is 2.21. The van der Waals surface area contributed by atoms with Crippen molar-refractivity contribution in [2.75, 3.05) is 10.8 Å². The zero-order chi connectivity index (χ0) is 19.6. The Labute approximate surface area is 166 Å². The number of hydrogen-bond donors (Lipinski definition) is 2. The Hall–Kier alpha value is -2.32. The van der Waals surface area contributed by atoms with Gasteiger partial charge >= 0.3 is 0 Å². The Morgan fingerprint density at radius 1 is 1.00 bits per heavy atom. The zero-order valence-corrected chi connectivity index (χ0v) is 16.2. The maximum absolute atomic E-state index is 13.3. The van der Waals surface area contributed by atoms with Crippen LogP contribution in [0.25, 0.3) is 10.8 Å². The van der Waals surface area contributed by atoms with Crippen molar-refractivity contribution in [1.82, 2.24) is 5.43 Å². The van der Waals surface area contributed by atoms with Gasteiger partial charge in [0.1, 0.15) is 6.54 Å². The van der Waals surface area contributed by atoms with E-state index in [1.807, 2.05) is 23.6 Å². The molecular weight excluding hydrogens is 409 g/mol. The third kappa shape index (κ3) is 3.86. The van der Waals surface area contributed by atoms with Crippen molar-refractivity contribution < 1.29 is 13.2 Å². The summed E-state index contributed by atoms with van der Waals surface area (Å²) in [5.74, 6) is 4.52. The third-order valence-electron chi connectivity index (χ3n) is 3.96. The third-order valence-corrected chi connectivity index (χ3v) is 6.46. The molecule has 1 amide bonds. The van der Waals surface area contributed by atoms with E-state index in [0.717, 1.165) is 9.69 Å². The topological polar surface area (TPSA) is 92.5 Å². The van der Waals surface area contributed by atoms with Crippen LogP contribution in [-0.2, 0) is 14.8 Å². The van der Waals surface area contributed by atoms with Crippen LogP contribution in [0.4, 0.5) is 5.69 Å². The van der Waals surface area contributed by atoms with Gasteiger partial charge in [-0.25, -0.2) is 14.3 Å². The number of nitrogens with one attached hydrogen (secondary N) is 1. The molecule has 3 rings (SSSR count). The highest BCUT2D eigenvalue weighted by atomic mass is 35.5. The number of fused-ring (bicyclic) bond motifs is 1. The molecule has 0 heterocycles. The molecule has 0 aliphatic rings. The van der Waals surface area contributed by atoms with Gasteiger partial charge in [-0.3, -0.25) is 14.5 Å². The average Bonchev–Trinajstić information content (AvgIpc) is 2.67. The molecule has 3 aromatic rings. The molecule has 0 unspecified atom stereocenters. The van der Waals surface area contributed by atoms with Crippen molar-refractivity contribution in [1.29, 1.82) is 0 Å². The number of nitrogens with two attached hydrogens (primary N) is 1. The van der Waals surface area contributed by atoms with Crippen LogP contribution in [0.5, 0.6) is 0 Å². The zero-order valence-electron chi connectivity index (χ0n) is 13.9. The second kappa shape index (κ2) is 7.74. The number of hydrogen-bond acceptors (Lipinski definition) is 4. The Morgan fingerprint density at radius 3 is 2.41 bits per heavy atom. The summed E-state index contributed by atoms with van der Waals surface area (Å²) >= 11 is 11.9. The summed E-state index contributed by atoms with van der Waals surface area (Å²) in [6.45, 7) is -0.493. The van der Waals surface area contributed by atoms with E-state index < -0.39 is 22.5 Å². The first-order valence-electron chi connectivity index (χ1n) is 7.79. The van der Waals surface area contributed by atoms with E-state index in [1.54, 1.807) is 24.3 Å². The number of carbonyl (C=O) groups excluding carboxylic acids is 1. The summed E-state index contributed by atoms with van der Waals surface area (Å²) in [5, 5.41) is 1.83. The molecule has 0 aromatic heterocycles. The molecule has 140 valence electrons. The second-order valence-corrected chi connectivity index (χ2v) is 8.33. The normalized spacial score (nSPS) is 11.4. The molecule has 0 aliphatic heterocycles. The molecule has 0 radical (unpaired) electrons.